The lowest BCUT2D eigenvalue weighted by atomic mass is 10.1. The summed E-state index contributed by atoms with van der Waals surface area (Å²) in [5.74, 6) is -0.986. The van der Waals surface area contributed by atoms with E-state index in [1.54, 1.807) is 6.20 Å². The van der Waals surface area contributed by atoms with Crippen molar-refractivity contribution in [1.29, 1.82) is 0 Å². The molecule has 0 amide bonds. The Kier molecular flexibility index (Phi) is 2.97. The molecule has 1 aromatic heterocycles. The topological polar surface area (TPSA) is 76.2 Å². The number of aromatic nitrogens is 1. The third-order valence-corrected chi connectivity index (χ3v) is 1.75. The van der Waals surface area contributed by atoms with Crippen molar-refractivity contribution in [1.82, 2.24) is 4.98 Å². The van der Waals surface area contributed by atoms with Gasteiger partial charge in [0.2, 0.25) is 0 Å². The zero-order chi connectivity index (χ0) is 9.84. The molecule has 1 atom stereocenters. The smallest absolute Gasteiger partial charge is 0.320 e. The summed E-state index contributed by atoms with van der Waals surface area (Å²) in [6.45, 7) is 1.88. The lowest BCUT2D eigenvalue weighted by Gasteiger charge is -2.05. The molecule has 0 aliphatic carbocycles. The largest absolute Gasteiger partial charge is 0.480 e. The lowest BCUT2D eigenvalue weighted by Crippen LogP contribution is -2.32. The predicted octanol–water partition coefficient (Wildman–Crippen LogP) is 0.344. The van der Waals surface area contributed by atoms with E-state index >= 15 is 0 Å². The lowest BCUT2D eigenvalue weighted by molar-refractivity contribution is -0.138. The quantitative estimate of drug-likeness (QED) is 0.703. The molecule has 1 heterocycles. The number of carboxylic acid groups (broad SMARTS) is 1. The standard InChI is InChI=1S/C9H12N2O2/c1-6-2-3-7(5-11-6)4-8(10)9(12)13/h2-3,5,8H,4,10H2,1H3,(H,12,13). The number of aryl methyl sites for hydroxylation is 1. The molecular weight excluding hydrogens is 168 g/mol. The molecule has 0 fully saturated rings. The van der Waals surface area contributed by atoms with Crippen LogP contribution in [-0.4, -0.2) is 22.1 Å². The van der Waals surface area contributed by atoms with Gasteiger partial charge in [0.25, 0.3) is 0 Å². The first-order valence-corrected chi connectivity index (χ1v) is 3.99. The molecule has 0 spiro atoms. The van der Waals surface area contributed by atoms with Crippen molar-refractivity contribution in [3.8, 4) is 0 Å². The van der Waals surface area contributed by atoms with Crippen LogP contribution in [0.5, 0.6) is 0 Å². The van der Waals surface area contributed by atoms with Crippen LogP contribution in [0.25, 0.3) is 0 Å². The summed E-state index contributed by atoms with van der Waals surface area (Å²) in [7, 11) is 0. The predicted molar refractivity (Wildman–Crippen MR) is 48.3 cm³/mol. The second-order valence-electron chi connectivity index (χ2n) is 2.96. The Morgan fingerprint density at radius 3 is 2.85 bits per heavy atom. The first-order valence-electron chi connectivity index (χ1n) is 3.99. The molecule has 0 aliphatic rings. The minimum atomic E-state index is -0.986. The van der Waals surface area contributed by atoms with Crippen molar-refractivity contribution >= 4 is 5.97 Å². The molecule has 1 unspecified atom stereocenters. The van der Waals surface area contributed by atoms with Gasteiger partial charge in [-0.25, -0.2) is 0 Å². The molecule has 1 rings (SSSR count). The van der Waals surface area contributed by atoms with Crippen LogP contribution in [0.1, 0.15) is 11.3 Å². The number of nitrogens with zero attached hydrogens (tertiary/aromatic N) is 1. The highest BCUT2D eigenvalue weighted by Gasteiger charge is 2.11. The van der Waals surface area contributed by atoms with E-state index in [4.69, 9.17) is 10.8 Å². The van der Waals surface area contributed by atoms with Crippen LogP contribution in [0.15, 0.2) is 18.3 Å². The van der Waals surface area contributed by atoms with Gasteiger partial charge in [0.15, 0.2) is 0 Å². The molecule has 4 nitrogen and oxygen atoms in total. The molecule has 0 radical (unpaired) electrons. The summed E-state index contributed by atoms with van der Waals surface area (Å²) in [5, 5.41) is 8.55. The second kappa shape index (κ2) is 4.00. The van der Waals surface area contributed by atoms with Crippen molar-refractivity contribution in [2.75, 3.05) is 0 Å². The Bertz CT molecular complexity index is 295. The van der Waals surface area contributed by atoms with Crippen molar-refractivity contribution in [3.63, 3.8) is 0 Å². The third-order valence-electron chi connectivity index (χ3n) is 1.75. The second-order valence-corrected chi connectivity index (χ2v) is 2.96. The fraction of sp³-hybridized carbons (Fsp3) is 0.333. The first kappa shape index (κ1) is 9.67. The SMILES string of the molecule is Cc1ccc(CC(N)C(=O)O)cn1. The maximum absolute atomic E-state index is 10.4. The van der Waals surface area contributed by atoms with E-state index in [0.717, 1.165) is 11.3 Å². The van der Waals surface area contributed by atoms with Gasteiger partial charge in [0.05, 0.1) is 0 Å². The van der Waals surface area contributed by atoms with Gasteiger partial charge in [-0.1, -0.05) is 6.07 Å². The monoisotopic (exact) mass is 180 g/mol. The number of carbonyl (C=O) groups is 1. The van der Waals surface area contributed by atoms with Gasteiger partial charge in [-0.05, 0) is 25.0 Å². The normalized spacial score (nSPS) is 12.5. The average molecular weight is 180 g/mol. The fourth-order valence-electron chi connectivity index (χ4n) is 0.960. The number of carboxylic acids is 1. The van der Waals surface area contributed by atoms with E-state index in [2.05, 4.69) is 4.98 Å². The van der Waals surface area contributed by atoms with E-state index in [1.807, 2.05) is 19.1 Å². The number of rotatable bonds is 3. The van der Waals surface area contributed by atoms with Gasteiger partial charge in [-0.2, -0.15) is 0 Å². The van der Waals surface area contributed by atoms with Crippen LogP contribution < -0.4 is 5.73 Å². The minimum Gasteiger partial charge on any atom is -0.480 e. The summed E-state index contributed by atoms with van der Waals surface area (Å²) >= 11 is 0. The van der Waals surface area contributed by atoms with Crippen molar-refractivity contribution < 1.29 is 9.90 Å². The summed E-state index contributed by atoms with van der Waals surface area (Å²) in [6, 6.07) is 2.83. The van der Waals surface area contributed by atoms with E-state index in [0.29, 0.717) is 6.42 Å². The van der Waals surface area contributed by atoms with Gasteiger partial charge in [0.1, 0.15) is 6.04 Å². The molecule has 0 aliphatic heterocycles. The Morgan fingerprint density at radius 2 is 2.38 bits per heavy atom. The maximum atomic E-state index is 10.4. The fourth-order valence-corrected chi connectivity index (χ4v) is 0.960. The van der Waals surface area contributed by atoms with E-state index in [9.17, 15) is 4.79 Å². The number of hydrogen-bond donors (Lipinski definition) is 2. The summed E-state index contributed by atoms with van der Waals surface area (Å²) in [4.78, 5) is 14.5. The van der Waals surface area contributed by atoms with E-state index in [-0.39, 0.29) is 0 Å². The van der Waals surface area contributed by atoms with Gasteiger partial charge in [-0.3, -0.25) is 9.78 Å². The number of pyridine rings is 1. The van der Waals surface area contributed by atoms with Crippen LogP contribution in [-0.2, 0) is 11.2 Å². The first-order chi connectivity index (χ1) is 6.09. The molecule has 70 valence electrons. The summed E-state index contributed by atoms with van der Waals surface area (Å²) in [6.07, 6.45) is 1.97. The number of nitrogens with two attached hydrogens (primary N) is 1. The van der Waals surface area contributed by atoms with Gasteiger partial charge in [0, 0.05) is 11.9 Å². The third kappa shape index (κ3) is 2.83. The molecule has 4 heteroatoms. The molecule has 13 heavy (non-hydrogen) atoms. The van der Waals surface area contributed by atoms with Gasteiger partial charge >= 0.3 is 5.97 Å². The highest BCUT2D eigenvalue weighted by atomic mass is 16.4. The highest BCUT2D eigenvalue weighted by molar-refractivity contribution is 5.73. The Hall–Kier alpha value is -1.42. The summed E-state index contributed by atoms with van der Waals surface area (Å²) in [5.41, 5.74) is 7.12. The molecule has 0 aromatic carbocycles. The highest BCUT2D eigenvalue weighted by Crippen LogP contribution is 2.02. The Balaban J connectivity index is 2.64. The molecule has 0 saturated heterocycles. The van der Waals surface area contributed by atoms with Crippen molar-refractivity contribution in [3.05, 3.63) is 29.6 Å². The minimum absolute atomic E-state index is 0.322. The molecule has 0 saturated carbocycles. The molecular formula is C9H12N2O2. The van der Waals surface area contributed by atoms with E-state index < -0.39 is 12.0 Å². The zero-order valence-corrected chi connectivity index (χ0v) is 7.40. The Morgan fingerprint density at radius 1 is 1.69 bits per heavy atom. The summed E-state index contributed by atoms with van der Waals surface area (Å²) < 4.78 is 0. The van der Waals surface area contributed by atoms with Crippen LogP contribution in [0.3, 0.4) is 0 Å². The van der Waals surface area contributed by atoms with Crippen molar-refractivity contribution in [2.45, 2.75) is 19.4 Å². The zero-order valence-electron chi connectivity index (χ0n) is 7.40. The van der Waals surface area contributed by atoms with Gasteiger partial charge in [-0.15, -0.1) is 0 Å². The molecule has 3 N–H and O–H groups in total. The number of aliphatic carboxylic acids is 1. The van der Waals surface area contributed by atoms with E-state index in [1.165, 1.54) is 0 Å². The number of hydrogen-bond acceptors (Lipinski definition) is 3. The molecule has 0 bridgehead atoms. The average Bonchev–Trinajstić information content (AvgIpc) is 2.08. The molecule has 1 aromatic rings. The van der Waals surface area contributed by atoms with Crippen LogP contribution >= 0.6 is 0 Å². The van der Waals surface area contributed by atoms with Crippen molar-refractivity contribution in [2.24, 2.45) is 5.73 Å². The van der Waals surface area contributed by atoms with Crippen LogP contribution in [0, 0.1) is 6.92 Å². The van der Waals surface area contributed by atoms with Gasteiger partial charge < -0.3 is 10.8 Å². The van der Waals surface area contributed by atoms with Crippen LogP contribution in [0.4, 0.5) is 0 Å². The maximum Gasteiger partial charge on any atom is 0.320 e. The Labute approximate surface area is 76.4 Å². The van der Waals surface area contributed by atoms with Crippen LogP contribution in [0.2, 0.25) is 0 Å².